The molecule has 5 nitrogen and oxygen atoms in total. The lowest BCUT2D eigenvalue weighted by Gasteiger charge is -2.06. The number of nitro groups is 1. The largest absolute Gasteiger partial charge is 0.508 e. The van der Waals surface area contributed by atoms with Crippen molar-refractivity contribution in [2.24, 2.45) is 0 Å². The molecule has 0 amide bonds. The van der Waals surface area contributed by atoms with Crippen LogP contribution in [0.2, 0.25) is 0 Å². The summed E-state index contributed by atoms with van der Waals surface area (Å²) in [7, 11) is 0. The predicted molar refractivity (Wildman–Crippen MR) is 49.9 cm³/mol. The van der Waals surface area contributed by atoms with Crippen molar-refractivity contribution in [1.29, 1.82) is 0 Å². The summed E-state index contributed by atoms with van der Waals surface area (Å²) in [6.45, 7) is 1.45. The molecule has 2 N–H and O–H groups in total. The number of aromatic hydroxyl groups is 2. The molecule has 0 spiro atoms. The van der Waals surface area contributed by atoms with Crippen LogP contribution in [-0.4, -0.2) is 21.2 Å². The number of benzene rings is 1. The second-order valence-corrected chi connectivity index (χ2v) is 3.15. The zero-order valence-corrected chi connectivity index (χ0v) is 7.67. The third kappa shape index (κ3) is 2.35. The molecular weight excluding hydrogens is 186 g/mol. The first-order valence-electron chi connectivity index (χ1n) is 4.15. The summed E-state index contributed by atoms with van der Waals surface area (Å²) in [5, 5.41) is 28.8. The molecule has 0 fully saturated rings. The van der Waals surface area contributed by atoms with E-state index in [2.05, 4.69) is 0 Å². The van der Waals surface area contributed by atoms with Gasteiger partial charge < -0.3 is 10.2 Å². The van der Waals surface area contributed by atoms with Gasteiger partial charge in [0, 0.05) is 23.8 Å². The van der Waals surface area contributed by atoms with Gasteiger partial charge in [-0.3, -0.25) is 10.1 Å². The fraction of sp³-hybridized carbons (Fsp3) is 0.333. The van der Waals surface area contributed by atoms with E-state index in [1.54, 1.807) is 0 Å². The topological polar surface area (TPSA) is 83.6 Å². The molecule has 0 saturated carbocycles. The second kappa shape index (κ2) is 3.95. The van der Waals surface area contributed by atoms with E-state index in [9.17, 15) is 15.2 Å². The van der Waals surface area contributed by atoms with Gasteiger partial charge in [0.2, 0.25) is 6.04 Å². The minimum atomic E-state index is -0.775. The summed E-state index contributed by atoms with van der Waals surface area (Å²) < 4.78 is 0. The minimum absolute atomic E-state index is 0.00616. The number of nitrogens with zero attached hydrogens (tertiary/aromatic N) is 1. The Hall–Kier alpha value is -1.78. The van der Waals surface area contributed by atoms with E-state index >= 15 is 0 Å². The van der Waals surface area contributed by atoms with E-state index in [0.29, 0.717) is 5.56 Å². The van der Waals surface area contributed by atoms with Crippen molar-refractivity contribution in [3.63, 3.8) is 0 Å². The summed E-state index contributed by atoms with van der Waals surface area (Å²) in [5.74, 6) is -0.0372. The first-order valence-corrected chi connectivity index (χ1v) is 4.15. The third-order valence-corrected chi connectivity index (χ3v) is 1.94. The van der Waals surface area contributed by atoms with Crippen LogP contribution in [0.1, 0.15) is 12.5 Å². The van der Waals surface area contributed by atoms with Crippen LogP contribution < -0.4 is 0 Å². The van der Waals surface area contributed by atoms with Gasteiger partial charge in [-0.05, 0) is 18.2 Å². The Labute approximate surface area is 80.8 Å². The molecule has 14 heavy (non-hydrogen) atoms. The van der Waals surface area contributed by atoms with Gasteiger partial charge in [-0.1, -0.05) is 0 Å². The fourth-order valence-electron chi connectivity index (χ4n) is 1.13. The Bertz CT molecular complexity index is 351. The maximum atomic E-state index is 10.4. The average molecular weight is 197 g/mol. The fourth-order valence-corrected chi connectivity index (χ4v) is 1.13. The lowest BCUT2D eigenvalue weighted by atomic mass is 10.1. The van der Waals surface area contributed by atoms with Gasteiger partial charge in [0.1, 0.15) is 11.5 Å². The van der Waals surface area contributed by atoms with Gasteiger partial charge in [0.15, 0.2) is 0 Å². The van der Waals surface area contributed by atoms with Gasteiger partial charge in [-0.2, -0.15) is 0 Å². The second-order valence-electron chi connectivity index (χ2n) is 3.15. The highest BCUT2D eigenvalue weighted by atomic mass is 16.6. The molecule has 1 aromatic carbocycles. The molecule has 76 valence electrons. The van der Waals surface area contributed by atoms with E-state index in [1.807, 2.05) is 0 Å². The summed E-state index contributed by atoms with van der Waals surface area (Å²) in [6.07, 6.45) is 0.104. The molecule has 0 aromatic heterocycles. The van der Waals surface area contributed by atoms with E-state index in [4.69, 9.17) is 5.11 Å². The van der Waals surface area contributed by atoms with Crippen molar-refractivity contribution in [3.8, 4) is 11.5 Å². The highest BCUT2D eigenvalue weighted by molar-refractivity contribution is 5.38. The molecule has 0 aliphatic carbocycles. The summed E-state index contributed by atoms with van der Waals surface area (Å²) in [6, 6.07) is 3.20. The van der Waals surface area contributed by atoms with Crippen LogP contribution >= 0.6 is 0 Å². The smallest absolute Gasteiger partial charge is 0.214 e. The molecule has 0 saturated heterocycles. The molecule has 1 atom stereocenters. The molecule has 0 aliphatic heterocycles. The van der Waals surface area contributed by atoms with Crippen molar-refractivity contribution in [2.75, 3.05) is 0 Å². The van der Waals surface area contributed by atoms with Gasteiger partial charge in [-0.25, -0.2) is 0 Å². The molecule has 5 heteroatoms. The first-order chi connectivity index (χ1) is 6.50. The Kier molecular flexibility index (Phi) is 2.91. The van der Waals surface area contributed by atoms with Crippen LogP contribution in [0.3, 0.4) is 0 Å². The number of phenolic OH excluding ortho intramolecular Hbond substituents is 2. The molecule has 0 heterocycles. The highest BCUT2D eigenvalue weighted by Gasteiger charge is 2.16. The quantitative estimate of drug-likeness (QED) is 0.434. The molecule has 1 rings (SSSR count). The van der Waals surface area contributed by atoms with E-state index in [1.165, 1.54) is 25.1 Å². The van der Waals surface area contributed by atoms with E-state index in [0.717, 1.165) is 0 Å². The highest BCUT2D eigenvalue weighted by Crippen LogP contribution is 2.23. The average Bonchev–Trinajstić information content (AvgIpc) is 2.11. The van der Waals surface area contributed by atoms with Gasteiger partial charge >= 0.3 is 0 Å². The van der Waals surface area contributed by atoms with E-state index in [-0.39, 0.29) is 17.9 Å². The molecule has 0 radical (unpaired) electrons. The van der Waals surface area contributed by atoms with Gasteiger partial charge in [-0.15, -0.1) is 0 Å². The molecular formula is C9H11NO4. The lowest BCUT2D eigenvalue weighted by Crippen LogP contribution is -2.17. The molecule has 0 aliphatic rings. The minimum Gasteiger partial charge on any atom is -0.508 e. The Balaban J connectivity index is 2.85. The normalized spacial score (nSPS) is 12.4. The zero-order valence-electron chi connectivity index (χ0n) is 7.67. The van der Waals surface area contributed by atoms with Crippen molar-refractivity contribution >= 4 is 0 Å². The zero-order chi connectivity index (χ0) is 10.7. The van der Waals surface area contributed by atoms with Gasteiger partial charge in [0.25, 0.3) is 0 Å². The van der Waals surface area contributed by atoms with Crippen molar-refractivity contribution in [3.05, 3.63) is 33.9 Å². The standard InChI is InChI=1S/C9H11NO4/c1-6(10(13)14)4-7-5-8(11)2-3-9(7)12/h2-3,5-6,11-12H,4H2,1H3. The summed E-state index contributed by atoms with van der Waals surface area (Å²) in [5.41, 5.74) is 0.384. The monoisotopic (exact) mass is 197 g/mol. The van der Waals surface area contributed by atoms with Crippen LogP contribution in [0.4, 0.5) is 0 Å². The van der Waals surface area contributed by atoms with Crippen LogP contribution in [0, 0.1) is 10.1 Å². The van der Waals surface area contributed by atoms with Crippen molar-refractivity contribution in [1.82, 2.24) is 0 Å². The number of hydrogen-bond donors (Lipinski definition) is 2. The van der Waals surface area contributed by atoms with Crippen LogP contribution in [-0.2, 0) is 6.42 Å². The lowest BCUT2D eigenvalue weighted by molar-refractivity contribution is -0.517. The maximum absolute atomic E-state index is 10.4. The van der Waals surface area contributed by atoms with Gasteiger partial charge in [0.05, 0.1) is 0 Å². The summed E-state index contributed by atoms with van der Waals surface area (Å²) >= 11 is 0. The van der Waals surface area contributed by atoms with E-state index < -0.39 is 11.0 Å². The Morgan fingerprint density at radius 2 is 2.14 bits per heavy atom. The Morgan fingerprint density at radius 1 is 1.50 bits per heavy atom. The van der Waals surface area contributed by atoms with Crippen molar-refractivity contribution in [2.45, 2.75) is 19.4 Å². The summed E-state index contributed by atoms with van der Waals surface area (Å²) in [4.78, 5) is 9.93. The maximum Gasteiger partial charge on any atom is 0.214 e. The number of phenols is 2. The number of hydrogen-bond acceptors (Lipinski definition) is 4. The van der Waals surface area contributed by atoms with Crippen LogP contribution in [0.15, 0.2) is 18.2 Å². The molecule has 1 unspecified atom stereocenters. The SMILES string of the molecule is CC(Cc1cc(O)ccc1O)[N+](=O)[O-]. The first kappa shape index (κ1) is 10.3. The molecule has 1 aromatic rings. The van der Waals surface area contributed by atoms with Crippen LogP contribution in [0.25, 0.3) is 0 Å². The predicted octanol–water partition coefficient (Wildman–Crippen LogP) is 1.31. The third-order valence-electron chi connectivity index (χ3n) is 1.94. The van der Waals surface area contributed by atoms with Crippen molar-refractivity contribution < 1.29 is 15.1 Å². The molecule has 0 bridgehead atoms. The number of rotatable bonds is 3. The Morgan fingerprint density at radius 3 is 2.71 bits per heavy atom. The van der Waals surface area contributed by atoms with Crippen LogP contribution in [0.5, 0.6) is 11.5 Å².